The van der Waals surface area contributed by atoms with Crippen LogP contribution in [0.1, 0.15) is 69.4 Å². The molecular formula is C40H36N8+2. The van der Waals surface area contributed by atoms with Gasteiger partial charge in [0.05, 0.1) is 27.6 Å². The van der Waals surface area contributed by atoms with Crippen molar-refractivity contribution in [2.24, 2.45) is 20.0 Å². The topological polar surface area (TPSA) is 65.3 Å². The fourth-order valence-corrected chi connectivity index (χ4v) is 8.14. The van der Waals surface area contributed by atoms with Crippen LogP contribution in [-0.4, -0.2) is 41.6 Å². The first-order valence-corrected chi connectivity index (χ1v) is 17.2. The van der Waals surface area contributed by atoms with Gasteiger partial charge in [-0.15, -0.1) is 9.15 Å². The lowest BCUT2D eigenvalue weighted by molar-refractivity contribution is -0.790. The summed E-state index contributed by atoms with van der Waals surface area (Å²) in [5.41, 5.74) is 7.32. The van der Waals surface area contributed by atoms with Crippen LogP contribution < -0.4 is 11.0 Å². The maximum absolute atomic E-state index is 5.48. The predicted octanol–water partition coefficient (Wildman–Crippen LogP) is 7.09. The Balaban J connectivity index is 0.000000498. The molecule has 0 fully saturated rings. The van der Waals surface area contributed by atoms with E-state index in [2.05, 4.69) is 116 Å². The third-order valence-corrected chi connectivity index (χ3v) is 9.71. The van der Waals surface area contributed by atoms with Gasteiger partial charge in [0.1, 0.15) is 0 Å². The minimum Gasteiger partial charge on any atom is -0.192 e. The molecule has 234 valence electrons. The number of nitrogens with zero attached hydrogens (tertiary/aromatic N) is 8. The zero-order valence-electron chi connectivity index (χ0n) is 28.2. The van der Waals surface area contributed by atoms with Gasteiger partial charge >= 0.3 is 5.91 Å². The summed E-state index contributed by atoms with van der Waals surface area (Å²) in [4.78, 5) is 21.8. The number of hydrogen-bond acceptors (Lipinski definition) is 4. The smallest absolute Gasteiger partial charge is 0.192 e. The lowest BCUT2D eigenvalue weighted by Gasteiger charge is -2.40. The molecule has 0 amide bonds. The molecule has 2 aromatic heterocycles. The summed E-state index contributed by atoms with van der Waals surface area (Å²) >= 11 is 0. The van der Waals surface area contributed by atoms with Crippen molar-refractivity contribution in [3.63, 3.8) is 0 Å². The van der Waals surface area contributed by atoms with Crippen LogP contribution >= 0.6 is 0 Å². The quantitative estimate of drug-likeness (QED) is 0.161. The monoisotopic (exact) mass is 628 g/mol. The minimum absolute atomic E-state index is 0.899. The normalized spacial score (nSPS) is 18.4. The van der Waals surface area contributed by atoms with Gasteiger partial charge in [-0.1, -0.05) is 110 Å². The SMILES string of the molecule is CC.CC.CC.Cc1cccc2c3n4c(c12)N=C1c2ccccc2C2=[N+]1C41n4c(c5ccccc5c4=N2)=NC2=[N+]1C(=N3)c1ccccc12. The van der Waals surface area contributed by atoms with Crippen LogP contribution in [0, 0.1) is 6.92 Å². The van der Waals surface area contributed by atoms with Gasteiger partial charge in [0.25, 0.3) is 23.3 Å². The summed E-state index contributed by atoms with van der Waals surface area (Å²) in [6.07, 6.45) is 0. The van der Waals surface area contributed by atoms with Crippen LogP contribution in [0.2, 0.25) is 0 Å². The molecule has 8 nitrogen and oxygen atoms in total. The Morgan fingerprint density at radius 1 is 0.479 bits per heavy atom. The molecule has 6 aliphatic rings. The molecule has 4 aromatic carbocycles. The third-order valence-electron chi connectivity index (χ3n) is 9.71. The second-order valence-corrected chi connectivity index (χ2v) is 11.6. The summed E-state index contributed by atoms with van der Waals surface area (Å²) in [5, 5.41) is 4.40. The molecule has 0 saturated carbocycles. The fourth-order valence-electron chi connectivity index (χ4n) is 8.14. The van der Waals surface area contributed by atoms with Crippen molar-refractivity contribution < 1.29 is 9.15 Å². The molecule has 0 aliphatic carbocycles. The molecule has 6 aliphatic heterocycles. The molecule has 8 heteroatoms. The summed E-state index contributed by atoms with van der Waals surface area (Å²) < 4.78 is 9.37. The Hall–Kier alpha value is -5.76. The number of amidine groups is 4. The molecule has 12 rings (SSSR count). The standard InChI is InChI=1S/C34H18N8.3C2H6/c1-17-9-8-16-24-25(17)33-38-31-23-15-7-6-14-22(23)29-36-27-19-11-3-2-10-18(19)26-35-28-20-12-4-5-13-21(20)30-37-32(24)42(33)34(39(26)27,40(28)30)41(29)31;3*1-2/h2-16H,1H3;3*1-2H3/q+2;;;. The predicted molar refractivity (Wildman–Crippen MR) is 192 cm³/mol. The first-order chi connectivity index (χ1) is 23.8. The van der Waals surface area contributed by atoms with E-state index in [0.29, 0.717) is 0 Å². The summed E-state index contributed by atoms with van der Waals surface area (Å²) in [5.74, 6) is 4.49. The van der Waals surface area contributed by atoms with E-state index in [9.17, 15) is 0 Å². The van der Waals surface area contributed by atoms with Gasteiger partial charge in [0.15, 0.2) is 0 Å². The average molecular weight is 629 g/mol. The Morgan fingerprint density at radius 2 is 0.938 bits per heavy atom. The van der Waals surface area contributed by atoms with Crippen molar-refractivity contribution >= 4 is 56.5 Å². The molecule has 8 heterocycles. The largest absolute Gasteiger partial charge is 0.404 e. The maximum atomic E-state index is 5.48. The van der Waals surface area contributed by atoms with E-state index in [1.807, 2.05) is 41.5 Å². The van der Waals surface area contributed by atoms with Crippen LogP contribution in [0.25, 0.3) is 21.5 Å². The second kappa shape index (κ2) is 9.87. The first-order valence-electron chi connectivity index (χ1n) is 17.2. The van der Waals surface area contributed by atoms with Crippen molar-refractivity contribution in [3.8, 4) is 0 Å². The van der Waals surface area contributed by atoms with Gasteiger partial charge in [-0.2, -0.15) is 9.13 Å². The van der Waals surface area contributed by atoms with Crippen LogP contribution in [0.4, 0.5) is 11.6 Å². The van der Waals surface area contributed by atoms with Crippen LogP contribution in [0.3, 0.4) is 0 Å². The Kier molecular flexibility index (Phi) is 5.85. The highest BCUT2D eigenvalue weighted by molar-refractivity contribution is 6.20. The van der Waals surface area contributed by atoms with Crippen LogP contribution in [0.15, 0.2) is 111 Å². The summed E-state index contributed by atoms with van der Waals surface area (Å²) in [7, 11) is 0. The van der Waals surface area contributed by atoms with Gasteiger partial charge in [0, 0.05) is 16.2 Å². The molecule has 0 N–H and O–H groups in total. The van der Waals surface area contributed by atoms with E-state index in [-0.39, 0.29) is 0 Å². The number of aromatic nitrogens is 2. The summed E-state index contributed by atoms with van der Waals surface area (Å²) in [6, 6.07) is 32.0. The van der Waals surface area contributed by atoms with Crippen molar-refractivity contribution in [3.05, 3.63) is 130 Å². The summed E-state index contributed by atoms with van der Waals surface area (Å²) in [6.45, 7) is 14.2. The fraction of sp³-hybridized carbons (Fsp3) is 0.200. The van der Waals surface area contributed by atoms with E-state index >= 15 is 0 Å². The molecular weight excluding hydrogens is 592 g/mol. The van der Waals surface area contributed by atoms with Gasteiger partial charge in [-0.25, -0.2) is 0 Å². The number of benzene rings is 4. The van der Waals surface area contributed by atoms with Gasteiger partial charge < -0.3 is 0 Å². The highest BCUT2D eigenvalue weighted by atomic mass is 15.7. The van der Waals surface area contributed by atoms with Crippen molar-refractivity contribution in [1.29, 1.82) is 0 Å². The van der Waals surface area contributed by atoms with Crippen LogP contribution in [0.5, 0.6) is 0 Å². The number of aryl methyl sites for hydroxylation is 1. The van der Waals surface area contributed by atoms with Crippen molar-refractivity contribution in [1.82, 2.24) is 9.13 Å². The average Bonchev–Trinajstić information content (AvgIpc) is 3.87. The Bertz CT molecular complexity index is 2650. The number of rotatable bonds is 0. The molecule has 0 bridgehead atoms. The Morgan fingerprint density at radius 3 is 1.48 bits per heavy atom. The van der Waals surface area contributed by atoms with Crippen molar-refractivity contribution in [2.75, 3.05) is 0 Å². The van der Waals surface area contributed by atoms with Crippen molar-refractivity contribution in [2.45, 2.75) is 54.4 Å². The number of fused-ring (bicyclic) bond motifs is 12. The zero-order valence-corrected chi connectivity index (χ0v) is 28.2. The Labute approximate surface area is 278 Å². The number of aliphatic imine (C=N–C) groups is 2. The van der Waals surface area contributed by atoms with Gasteiger partial charge in [-0.3, -0.25) is 0 Å². The van der Waals surface area contributed by atoms with E-state index in [0.717, 1.165) is 89.8 Å². The molecule has 0 radical (unpaired) electrons. The maximum Gasteiger partial charge on any atom is 0.404 e. The van der Waals surface area contributed by atoms with E-state index in [4.69, 9.17) is 20.0 Å². The van der Waals surface area contributed by atoms with E-state index in [1.165, 1.54) is 5.56 Å². The molecule has 1 spiro atoms. The minimum atomic E-state index is -0.930. The first kappa shape index (κ1) is 28.5. The lowest BCUT2D eigenvalue weighted by atomic mass is 10.1. The molecule has 1 unspecified atom stereocenters. The molecule has 1 atom stereocenters. The number of hydrogen-bond donors (Lipinski definition) is 0. The van der Waals surface area contributed by atoms with E-state index < -0.39 is 5.91 Å². The molecule has 0 saturated heterocycles. The lowest BCUT2D eigenvalue weighted by Crippen LogP contribution is -2.71. The highest BCUT2D eigenvalue weighted by Crippen LogP contribution is 2.53. The van der Waals surface area contributed by atoms with Gasteiger partial charge in [-0.05, 0) is 55.0 Å². The van der Waals surface area contributed by atoms with Gasteiger partial charge in [0.2, 0.25) is 22.6 Å². The molecule has 48 heavy (non-hydrogen) atoms. The molecule has 6 aromatic rings. The highest BCUT2D eigenvalue weighted by Gasteiger charge is 2.69. The van der Waals surface area contributed by atoms with E-state index in [1.54, 1.807) is 0 Å². The second-order valence-electron chi connectivity index (χ2n) is 11.6. The zero-order chi connectivity index (χ0) is 33.1. The third kappa shape index (κ3) is 2.94. The van der Waals surface area contributed by atoms with Crippen LogP contribution in [-0.2, 0) is 5.91 Å².